The molecule has 5 nitrogen and oxygen atoms in total. The average Bonchev–Trinajstić information content (AvgIpc) is 2.66. The van der Waals surface area contributed by atoms with E-state index in [1.54, 1.807) is 7.11 Å². The minimum Gasteiger partial charge on any atom is -0.496 e. The van der Waals surface area contributed by atoms with Crippen molar-refractivity contribution in [2.45, 2.75) is 39.5 Å². The van der Waals surface area contributed by atoms with Crippen LogP contribution in [0.15, 0.2) is 24.3 Å². The van der Waals surface area contributed by atoms with Crippen LogP contribution in [0, 0.1) is 11.8 Å². The number of likely N-dealkylation sites (tertiary alicyclic amines) is 1. The molecule has 1 aromatic rings. The van der Waals surface area contributed by atoms with Crippen molar-refractivity contribution < 1.29 is 14.3 Å². The Morgan fingerprint density at radius 2 is 1.96 bits per heavy atom. The number of benzene rings is 1. The van der Waals surface area contributed by atoms with Gasteiger partial charge in [0.05, 0.1) is 13.7 Å². The lowest BCUT2D eigenvalue weighted by molar-refractivity contribution is -0.134. The van der Waals surface area contributed by atoms with Gasteiger partial charge in [0.25, 0.3) is 0 Å². The molecule has 2 rings (SSSR count). The summed E-state index contributed by atoms with van der Waals surface area (Å²) in [5.41, 5.74) is 1.23. The van der Waals surface area contributed by atoms with Crippen molar-refractivity contribution in [1.82, 2.24) is 10.2 Å². The first-order valence-electron chi connectivity index (χ1n) is 9.22. The molecule has 0 spiro atoms. The fraction of sp³-hybridized carbons (Fsp3) is 0.600. The first kappa shape index (κ1) is 19.3. The minimum absolute atomic E-state index is 0.0207. The van der Waals surface area contributed by atoms with Crippen LogP contribution in [0.1, 0.15) is 38.7 Å². The van der Waals surface area contributed by atoms with E-state index < -0.39 is 0 Å². The highest BCUT2D eigenvalue weighted by atomic mass is 16.5. The molecule has 5 heteroatoms. The van der Waals surface area contributed by atoms with Crippen molar-refractivity contribution in [3.05, 3.63) is 29.8 Å². The first-order chi connectivity index (χ1) is 12.0. The van der Waals surface area contributed by atoms with Gasteiger partial charge in [0, 0.05) is 19.0 Å². The van der Waals surface area contributed by atoms with E-state index >= 15 is 0 Å². The Morgan fingerprint density at radius 1 is 1.28 bits per heavy atom. The van der Waals surface area contributed by atoms with Crippen LogP contribution in [0.4, 0.5) is 0 Å². The topological polar surface area (TPSA) is 58.6 Å². The predicted octanol–water partition coefficient (Wildman–Crippen LogP) is 2.64. The maximum Gasteiger partial charge on any atom is 0.241 e. The van der Waals surface area contributed by atoms with E-state index in [1.165, 1.54) is 5.56 Å². The molecule has 0 aliphatic carbocycles. The second-order valence-electron chi connectivity index (χ2n) is 6.87. The van der Waals surface area contributed by atoms with E-state index in [0.29, 0.717) is 5.92 Å². The second kappa shape index (κ2) is 9.44. The average molecular weight is 346 g/mol. The highest BCUT2D eigenvalue weighted by Gasteiger charge is 2.24. The monoisotopic (exact) mass is 346 g/mol. The number of nitrogens with one attached hydrogen (secondary N) is 1. The third-order valence-electron chi connectivity index (χ3n) is 5.14. The Labute approximate surface area is 150 Å². The van der Waals surface area contributed by atoms with Gasteiger partial charge in [-0.25, -0.2) is 0 Å². The third kappa shape index (κ3) is 5.48. The van der Waals surface area contributed by atoms with Gasteiger partial charge in [-0.3, -0.25) is 9.59 Å². The Morgan fingerprint density at radius 3 is 2.60 bits per heavy atom. The molecule has 0 bridgehead atoms. The van der Waals surface area contributed by atoms with Crippen molar-refractivity contribution in [2.75, 3.05) is 26.7 Å². The van der Waals surface area contributed by atoms with Gasteiger partial charge in [-0.15, -0.1) is 0 Å². The van der Waals surface area contributed by atoms with Crippen LogP contribution in [-0.4, -0.2) is 43.5 Å². The van der Waals surface area contributed by atoms with Crippen LogP contribution in [0.3, 0.4) is 0 Å². The standard InChI is InChI=1S/C20H30N2O3/c1-4-15(2)20(24)21-14-19(23)22-11-9-16(10-12-22)13-17-7-5-6-8-18(17)25-3/h5-8,15-16H,4,9-14H2,1-3H3,(H,21,24). The zero-order chi connectivity index (χ0) is 18.2. The van der Waals surface area contributed by atoms with E-state index in [2.05, 4.69) is 11.4 Å². The number of carbonyl (C=O) groups is 2. The summed E-state index contributed by atoms with van der Waals surface area (Å²) in [5.74, 6) is 1.44. The Balaban J connectivity index is 1.77. The minimum atomic E-state index is -0.0422. The van der Waals surface area contributed by atoms with Crippen LogP contribution in [0.5, 0.6) is 5.75 Å². The molecule has 0 saturated carbocycles. The van der Waals surface area contributed by atoms with Crippen LogP contribution >= 0.6 is 0 Å². The molecule has 1 atom stereocenters. The van der Waals surface area contributed by atoms with Gasteiger partial charge in [0.1, 0.15) is 5.75 Å². The molecular weight excluding hydrogens is 316 g/mol. The number of hydrogen-bond acceptors (Lipinski definition) is 3. The van der Waals surface area contributed by atoms with Crippen molar-refractivity contribution in [3.8, 4) is 5.75 Å². The van der Waals surface area contributed by atoms with Gasteiger partial charge >= 0.3 is 0 Å². The molecule has 1 fully saturated rings. The zero-order valence-electron chi connectivity index (χ0n) is 15.6. The van der Waals surface area contributed by atoms with Crippen LogP contribution in [0.2, 0.25) is 0 Å². The van der Waals surface area contributed by atoms with E-state index in [9.17, 15) is 9.59 Å². The Kier molecular flexibility index (Phi) is 7.29. The maximum absolute atomic E-state index is 12.3. The van der Waals surface area contributed by atoms with Gasteiger partial charge in [-0.1, -0.05) is 32.0 Å². The molecule has 1 aliphatic rings. The maximum atomic E-state index is 12.3. The number of carbonyl (C=O) groups excluding carboxylic acids is 2. The molecule has 0 aromatic heterocycles. The van der Waals surface area contributed by atoms with Gasteiger partial charge in [-0.2, -0.15) is 0 Å². The molecule has 1 unspecified atom stereocenters. The number of para-hydroxylation sites is 1. The summed E-state index contributed by atoms with van der Waals surface area (Å²) in [5, 5.41) is 2.75. The van der Waals surface area contributed by atoms with Gasteiger partial charge < -0.3 is 15.0 Å². The summed E-state index contributed by atoms with van der Waals surface area (Å²) in [6.07, 6.45) is 3.75. The molecule has 138 valence electrons. The number of nitrogens with zero attached hydrogens (tertiary/aromatic N) is 1. The molecule has 1 N–H and O–H groups in total. The highest BCUT2D eigenvalue weighted by Crippen LogP contribution is 2.26. The fourth-order valence-corrected chi connectivity index (χ4v) is 3.20. The Hall–Kier alpha value is -2.04. The zero-order valence-corrected chi connectivity index (χ0v) is 15.6. The highest BCUT2D eigenvalue weighted by molar-refractivity contribution is 5.85. The fourth-order valence-electron chi connectivity index (χ4n) is 3.20. The Bertz CT molecular complexity index is 580. The predicted molar refractivity (Wildman–Crippen MR) is 98.5 cm³/mol. The van der Waals surface area contributed by atoms with Crippen molar-refractivity contribution in [3.63, 3.8) is 0 Å². The molecular formula is C20H30N2O3. The summed E-state index contributed by atoms with van der Waals surface area (Å²) >= 11 is 0. The second-order valence-corrected chi connectivity index (χ2v) is 6.87. The van der Waals surface area contributed by atoms with Crippen LogP contribution in [-0.2, 0) is 16.0 Å². The number of methoxy groups -OCH3 is 1. The summed E-state index contributed by atoms with van der Waals surface area (Å²) < 4.78 is 5.42. The molecule has 25 heavy (non-hydrogen) atoms. The van der Waals surface area contributed by atoms with Gasteiger partial charge in [-0.05, 0) is 43.2 Å². The smallest absolute Gasteiger partial charge is 0.241 e. The van der Waals surface area contributed by atoms with E-state index in [-0.39, 0.29) is 24.3 Å². The number of hydrogen-bond donors (Lipinski definition) is 1. The lowest BCUT2D eigenvalue weighted by Gasteiger charge is -2.32. The summed E-state index contributed by atoms with van der Waals surface area (Å²) in [6, 6.07) is 8.13. The number of rotatable bonds is 7. The summed E-state index contributed by atoms with van der Waals surface area (Å²) in [6.45, 7) is 5.48. The van der Waals surface area contributed by atoms with Gasteiger partial charge in [0.15, 0.2) is 0 Å². The summed E-state index contributed by atoms with van der Waals surface area (Å²) in [7, 11) is 1.70. The molecule has 1 saturated heterocycles. The lowest BCUT2D eigenvalue weighted by atomic mass is 9.90. The van der Waals surface area contributed by atoms with Crippen LogP contribution < -0.4 is 10.1 Å². The van der Waals surface area contributed by atoms with Crippen molar-refractivity contribution >= 4 is 11.8 Å². The van der Waals surface area contributed by atoms with E-state index in [1.807, 2.05) is 36.9 Å². The van der Waals surface area contributed by atoms with E-state index in [0.717, 1.165) is 44.5 Å². The number of piperidine rings is 1. The number of ether oxygens (including phenoxy) is 1. The van der Waals surface area contributed by atoms with Crippen molar-refractivity contribution in [2.24, 2.45) is 11.8 Å². The molecule has 1 heterocycles. The molecule has 2 amide bonds. The number of amides is 2. The molecule has 1 aromatic carbocycles. The first-order valence-corrected chi connectivity index (χ1v) is 9.22. The van der Waals surface area contributed by atoms with Gasteiger partial charge in [0.2, 0.25) is 11.8 Å². The molecule has 1 aliphatic heterocycles. The quantitative estimate of drug-likeness (QED) is 0.826. The summed E-state index contributed by atoms with van der Waals surface area (Å²) in [4.78, 5) is 25.9. The lowest BCUT2D eigenvalue weighted by Crippen LogP contribution is -2.45. The van der Waals surface area contributed by atoms with E-state index in [4.69, 9.17) is 4.74 Å². The van der Waals surface area contributed by atoms with Crippen LogP contribution in [0.25, 0.3) is 0 Å². The SMILES string of the molecule is CCC(C)C(=O)NCC(=O)N1CCC(Cc2ccccc2OC)CC1. The molecule has 0 radical (unpaired) electrons. The van der Waals surface area contributed by atoms with Crippen molar-refractivity contribution in [1.29, 1.82) is 0 Å². The normalized spacial score (nSPS) is 16.4. The third-order valence-corrected chi connectivity index (χ3v) is 5.14. The largest absolute Gasteiger partial charge is 0.496 e.